The number of hydrogen-bond acceptors (Lipinski definition) is 5. The molecule has 27 heavy (non-hydrogen) atoms. The van der Waals surface area contributed by atoms with E-state index in [0.29, 0.717) is 17.9 Å². The maximum Gasteiger partial charge on any atom is 0.246 e. The zero-order valence-electron chi connectivity index (χ0n) is 15.4. The Labute approximate surface area is 158 Å². The highest BCUT2D eigenvalue weighted by Gasteiger charge is 2.32. The second-order valence-corrected chi connectivity index (χ2v) is 6.73. The maximum atomic E-state index is 12.4. The molecule has 144 valence electrons. The van der Waals surface area contributed by atoms with E-state index in [0.717, 1.165) is 25.0 Å². The number of nitrogens with two attached hydrogens (primary N) is 1. The van der Waals surface area contributed by atoms with Crippen LogP contribution in [0, 0.1) is 11.8 Å². The molecular formula is C19H25N5O3. The van der Waals surface area contributed by atoms with Gasteiger partial charge in [-0.05, 0) is 49.6 Å². The first-order valence-corrected chi connectivity index (χ1v) is 9.06. The summed E-state index contributed by atoms with van der Waals surface area (Å²) < 4.78 is 6.58. The third-order valence-electron chi connectivity index (χ3n) is 4.88. The van der Waals surface area contributed by atoms with Gasteiger partial charge in [0.1, 0.15) is 12.3 Å². The lowest BCUT2D eigenvalue weighted by molar-refractivity contribution is -0.120. The van der Waals surface area contributed by atoms with Crippen molar-refractivity contribution in [3.05, 3.63) is 36.7 Å². The van der Waals surface area contributed by atoms with Gasteiger partial charge in [0.25, 0.3) is 0 Å². The predicted molar refractivity (Wildman–Crippen MR) is 102 cm³/mol. The number of rotatable bonds is 7. The van der Waals surface area contributed by atoms with Crippen molar-refractivity contribution in [3.8, 4) is 5.75 Å². The van der Waals surface area contributed by atoms with Gasteiger partial charge in [-0.1, -0.05) is 6.42 Å². The SMILES string of the molecule is COc1ccc(NC(=O)Cn2cc(NC(=O)[C@@H]3CCC[C@@H]3CN)cn2)cc1. The number of amides is 2. The van der Waals surface area contributed by atoms with Gasteiger partial charge < -0.3 is 21.1 Å². The molecule has 0 bridgehead atoms. The number of carbonyl (C=O) groups excluding carboxylic acids is 2. The molecule has 1 aromatic carbocycles. The molecule has 8 heteroatoms. The number of methoxy groups -OCH3 is 1. The Morgan fingerprint density at radius 2 is 2.00 bits per heavy atom. The van der Waals surface area contributed by atoms with Crippen molar-refractivity contribution >= 4 is 23.2 Å². The molecule has 1 aliphatic rings. The fourth-order valence-electron chi connectivity index (χ4n) is 3.44. The average Bonchev–Trinajstić information content (AvgIpc) is 3.31. The minimum absolute atomic E-state index is 0.0230. The average molecular weight is 371 g/mol. The van der Waals surface area contributed by atoms with Gasteiger partial charge in [0.05, 0.1) is 19.0 Å². The van der Waals surface area contributed by atoms with Crippen molar-refractivity contribution < 1.29 is 14.3 Å². The molecule has 2 aromatic rings. The minimum Gasteiger partial charge on any atom is -0.497 e. The summed E-state index contributed by atoms with van der Waals surface area (Å²) in [6.07, 6.45) is 6.10. The van der Waals surface area contributed by atoms with E-state index < -0.39 is 0 Å². The smallest absolute Gasteiger partial charge is 0.246 e. The highest BCUT2D eigenvalue weighted by molar-refractivity contribution is 5.93. The Balaban J connectivity index is 1.52. The number of ether oxygens (including phenoxy) is 1. The van der Waals surface area contributed by atoms with Crippen LogP contribution in [0.15, 0.2) is 36.7 Å². The first-order chi connectivity index (χ1) is 13.1. The van der Waals surface area contributed by atoms with Gasteiger partial charge in [0, 0.05) is 17.8 Å². The van der Waals surface area contributed by atoms with Crippen LogP contribution in [0.4, 0.5) is 11.4 Å². The second-order valence-electron chi connectivity index (χ2n) is 6.73. The zero-order valence-corrected chi connectivity index (χ0v) is 15.4. The Hall–Kier alpha value is -2.87. The van der Waals surface area contributed by atoms with Crippen molar-refractivity contribution in [1.29, 1.82) is 0 Å². The molecule has 2 amide bonds. The van der Waals surface area contributed by atoms with E-state index in [9.17, 15) is 9.59 Å². The highest BCUT2D eigenvalue weighted by atomic mass is 16.5. The normalized spacial score (nSPS) is 18.9. The van der Waals surface area contributed by atoms with Gasteiger partial charge >= 0.3 is 0 Å². The first-order valence-electron chi connectivity index (χ1n) is 9.06. The minimum atomic E-state index is -0.208. The molecular weight excluding hydrogens is 346 g/mol. The van der Waals surface area contributed by atoms with Crippen LogP contribution in [0.3, 0.4) is 0 Å². The van der Waals surface area contributed by atoms with Crippen LogP contribution in [0.2, 0.25) is 0 Å². The summed E-state index contributed by atoms with van der Waals surface area (Å²) in [5.74, 6) is 0.692. The Bertz CT molecular complexity index is 787. The van der Waals surface area contributed by atoms with Crippen molar-refractivity contribution in [1.82, 2.24) is 9.78 Å². The Morgan fingerprint density at radius 1 is 1.22 bits per heavy atom. The van der Waals surface area contributed by atoms with Crippen molar-refractivity contribution in [2.24, 2.45) is 17.6 Å². The summed E-state index contributed by atoms with van der Waals surface area (Å²) >= 11 is 0. The van der Waals surface area contributed by atoms with Crippen molar-refractivity contribution in [3.63, 3.8) is 0 Å². The van der Waals surface area contributed by atoms with Gasteiger partial charge in [0.2, 0.25) is 11.8 Å². The Kier molecular flexibility index (Phi) is 6.08. The molecule has 0 radical (unpaired) electrons. The van der Waals surface area contributed by atoms with Crippen LogP contribution < -0.4 is 21.1 Å². The first kappa shape index (κ1) is 18.9. The van der Waals surface area contributed by atoms with Crippen molar-refractivity contribution in [2.45, 2.75) is 25.8 Å². The summed E-state index contributed by atoms with van der Waals surface area (Å²) in [5.41, 5.74) is 7.01. The largest absolute Gasteiger partial charge is 0.497 e. The monoisotopic (exact) mass is 371 g/mol. The maximum absolute atomic E-state index is 12.4. The second kappa shape index (κ2) is 8.68. The summed E-state index contributed by atoms with van der Waals surface area (Å²) in [5, 5.41) is 9.81. The predicted octanol–water partition coefficient (Wildman–Crippen LogP) is 1.84. The lowest BCUT2D eigenvalue weighted by atomic mass is 9.95. The number of hydrogen-bond donors (Lipinski definition) is 3. The molecule has 1 fully saturated rings. The van der Waals surface area contributed by atoms with E-state index in [-0.39, 0.29) is 30.2 Å². The third kappa shape index (κ3) is 4.85. The molecule has 1 aliphatic carbocycles. The van der Waals surface area contributed by atoms with E-state index in [1.807, 2.05) is 0 Å². The molecule has 4 N–H and O–H groups in total. The molecule has 0 aliphatic heterocycles. The number of nitrogens with zero attached hydrogens (tertiary/aromatic N) is 2. The molecule has 1 heterocycles. The number of carbonyl (C=O) groups is 2. The molecule has 0 unspecified atom stereocenters. The van der Waals surface area contributed by atoms with Crippen LogP contribution in [-0.4, -0.2) is 35.2 Å². The van der Waals surface area contributed by atoms with Crippen LogP contribution in [0.5, 0.6) is 5.75 Å². The van der Waals surface area contributed by atoms with Crippen LogP contribution in [0.1, 0.15) is 19.3 Å². The van der Waals surface area contributed by atoms with E-state index >= 15 is 0 Å². The summed E-state index contributed by atoms with van der Waals surface area (Å²) in [6, 6.07) is 7.07. The third-order valence-corrected chi connectivity index (χ3v) is 4.88. The molecule has 0 saturated heterocycles. The van der Waals surface area contributed by atoms with Crippen molar-refractivity contribution in [2.75, 3.05) is 24.3 Å². The molecule has 8 nitrogen and oxygen atoms in total. The zero-order chi connectivity index (χ0) is 19.2. The lowest BCUT2D eigenvalue weighted by Crippen LogP contribution is -2.29. The summed E-state index contributed by atoms with van der Waals surface area (Å²) in [6.45, 7) is 0.583. The molecule has 1 aromatic heterocycles. The number of anilines is 2. The summed E-state index contributed by atoms with van der Waals surface area (Å²) in [4.78, 5) is 24.6. The topological polar surface area (TPSA) is 111 Å². The number of benzene rings is 1. The van der Waals surface area contributed by atoms with Gasteiger partial charge in [-0.15, -0.1) is 0 Å². The van der Waals surface area contributed by atoms with Crippen LogP contribution in [-0.2, 0) is 16.1 Å². The van der Waals surface area contributed by atoms with E-state index in [4.69, 9.17) is 10.5 Å². The van der Waals surface area contributed by atoms with Crippen LogP contribution >= 0.6 is 0 Å². The molecule has 0 spiro atoms. The van der Waals surface area contributed by atoms with Gasteiger partial charge in [0.15, 0.2) is 0 Å². The molecule has 3 rings (SSSR count). The number of nitrogens with one attached hydrogen (secondary N) is 2. The fraction of sp³-hybridized carbons (Fsp3) is 0.421. The highest BCUT2D eigenvalue weighted by Crippen LogP contribution is 2.31. The summed E-state index contributed by atoms with van der Waals surface area (Å²) in [7, 11) is 1.59. The standard InChI is InChI=1S/C19H25N5O3/c1-27-16-7-5-14(6-8-16)22-18(25)12-24-11-15(10-21-24)23-19(26)17-4-2-3-13(17)9-20/h5-8,10-11,13,17H,2-4,9,12,20H2,1H3,(H,22,25)(H,23,26)/t13-,17-/m1/s1. The van der Waals surface area contributed by atoms with Gasteiger partial charge in [-0.3, -0.25) is 14.3 Å². The van der Waals surface area contributed by atoms with E-state index in [1.54, 1.807) is 43.8 Å². The lowest BCUT2D eigenvalue weighted by Gasteiger charge is -2.16. The number of aromatic nitrogens is 2. The molecule has 2 atom stereocenters. The fourth-order valence-corrected chi connectivity index (χ4v) is 3.44. The van der Waals surface area contributed by atoms with E-state index in [2.05, 4.69) is 15.7 Å². The Morgan fingerprint density at radius 3 is 2.70 bits per heavy atom. The molecule has 1 saturated carbocycles. The van der Waals surface area contributed by atoms with Gasteiger partial charge in [-0.2, -0.15) is 5.10 Å². The van der Waals surface area contributed by atoms with E-state index in [1.165, 1.54) is 4.68 Å². The quantitative estimate of drug-likeness (QED) is 0.688. The van der Waals surface area contributed by atoms with Crippen LogP contribution in [0.25, 0.3) is 0 Å². The van der Waals surface area contributed by atoms with Gasteiger partial charge in [-0.25, -0.2) is 0 Å².